The van der Waals surface area contributed by atoms with Crippen molar-refractivity contribution in [3.63, 3.8) is 0 Å². The Labute approximate surface area is 182 Å². The van der Waals surface area contributed by atoms with Crippen molar-refractivity contribution in [3.05, 3.63) is 35.2 Å². The smallest absolute Gasteiger partial charge is 0.308 e. The summed E-state index contributed by atoms with van der Waals surface area (Å²) in [4.78, 5) is 23.9. The van der Waals surface area contributed by atoms with E-state index in [0.29, 0.717) is 29.4 Å². The molecule has 0 unspecified atom stereocenters. The van der Waals surface area contributed by atoms with E-state index in [1.54, 1.807) is 25.1 Å². The van der Waals surface area contributed by atoms with Crippen LogP contribution in [-0.4, -0.2) is 50.0 Å². The van der Waals surface area contributed by atoms with E-state index in [-0.39, 0.29) is 23.2 Å². The number of hydrazone groups is 1. The first-order valence-electron chi connectivity index (χ1n) is 9.64. The van der Waals surface area contributed by atoms with Crippen molar-refractivity contribution in [2.45, 2.75) is 33.6 Å². The zero-order chi connectivity index (χ0) is 23.3. The molecule has 0 fully saturated rings. The molecule has 3 rings (SSSR count). The number of rotatable bonds is 8. The van der Waals surface area contributed by atoms with Gasteiger partial charge in [0.25, 0.3) is 5.91 Å². The Kier molecular flexibility index (Phi) is 6.77. The summed E-state index contributed by atoms with van der Waals surface area (Å²) in [5, 5.41) is 19.1. The van der Waals surface area contributed by atoms with Gasteiger partial charge in [-0.15, -0.1) is 5.10 Å². The number of hydrogen-bond donors (Lipinski definition) is 2. The van der Waals surface area contributed by atoms with Gasteiger partial charge in [-0.3, -0.25) is 9.59 Å². The molecule has 1 amide bonds. The molecule has 0 saturated heterocycles. The fraction of sp³-hybridized carbons (Fsp3) is 0.316. The van der Waals surface area contributed by atoms with E-state index in [1.807, 2.05) is 13.8 Å². The summed E-state index contributed by atoms with van der Waals surface area (Å²) in [5.74, 6) is -0.357. The molecule has 2 heterocycles. The number of nitrogen functional groups attached to an aromatic ring is 1. The molecule has 0 aliphatic heterocycles. The Morgan fingerprint density at radius 1 is 1.31 bits per heavy atom. The molecular weight excluding hydrogens is 420 g/mol. The highest BCUT2D eigenvalue weighted by molar-refractivity contribution is 5.94. The van der Waals surface area contributed by atoms with Crippen LogP contribution in [0.3, 0.4) is 0 Å². The van der Waals surface area contributed by atoms with Crippen LogP contribution in [0.5, 0.6) is 11.5 Å². The number of nitrogens with zero attached hydrogens (tertiary/aromatic N) is 6. The molecule has 0 atom stereocenters. The zero-order valence-corrected chi connectivity index (χ0v) is 17.9. The number of anilines is 1. The molecule has 32 heavy (non-hydrogen) atoms. The Morgan fingerprint density at radius 2 is 2.09 bits per heavy atom. The minimum Gasteiger partial charge on any atom is -0.490 e. The molecule has 13 nitrogen and oxygen atoms in total. The second kappa shape index (κ2) is 9.68. The average molecular weight is 442 g/mol. The number of carbonyl (C=O) groups excluding carboxylic acids is 2. The van der Waals surface area contributed by atoms with Gasteiger partial charge in [-0.2, -0.15) is 9.78 Å². The molecule has 168 valence electrons. The molecule has 0 aliphatic carbocycles. The lowest BCUT2D eigenvalue weighted by Gasteiger charge is -2.10. The molecule has 0 saturated carbocycles. The molecule has 13 heteroatoms. The summed E-state index contributed by atoms with van der Waals surface area (Å²) < 4.78 is 16.5. The quantitative estimate of drug-likeness (QED) is 0.225. The minimum atomic E-state index is -0.576. The zero-order valence-electron chi connectivity index (χ0n) is 17.9. The maximum absolute atomic E-state index is 12.7. The van der Waals surface area contributed by atoms with Crippen molar-refractivity contribution < 1.29 is 23.7 Å². The number of esters is 1. The predicted octanol–water partition coefficient (Wildman–Crippen LogP) is 1.44. The van der Waals surface area contributed by atoms with Crippen molar-refractivity contribution in [2.24, 2.45) is 5.10 Å². The minimum absolute atomic E-state index is 0.0177. The van der Waals surface area contributed by atoms with Crippen molar-refractivity contribution in [1.82, 2.24) is 30.7 Å². The van der Waals surface area contributed by atoms with Gasteiger partial charge in [0.1, 0.15) is 0 Å². The average Bonchev–Trinajstić information content (AvgIpc) is 3.35. The summed E-state index contributed by atoms with van der Waals surface area (Å²) in [6.45, 7) is 7.21. The Hall–Kier alpha value is -4.29. The highest BCUT2D eigenvalue weighted by Gasteiger charge is 2.25. The van der Waals surface area contributed by atoms with E-state index in [9.17, 15) is 9.59 Å². The fourth-order valence-corrected chi connectivity index (χ4v) is 2.79. The SMILES string of the molecule is CCOc1cc(/C=N/NC(=O)c2nnn(-c3nonc3N)c2C(C)C)ccc1OC(C)=O. The number of nitrogens with one attached hydrogen (secondary N) is 1. The van der Waals surface area contributed by atoms with Crippen LogP contribution >= 0.6 is 0 Å². The maximum atomic E-state index is 12.7. The van der Waals surface area contributed by atoms with Gasteiger partial charge in [-0.05, 0) is 46.9 Å². The number of aromatic nitrogens is 5. The first kappa shape index (κ1) is 22.4. The molecular formula is C19H22N8O5. The van der Waals surface area contributed by atoms with E-state index in [1.165, 1.54) is 17.8 Å². The summed E-state index contributed by atoms with van der Waals surface area (Å²) in [6, 6.07) is 4.87. The molecule has 3 aromatic rings. The number of ether oxygens (including phenoxy) is 2. The molecule has 0 radical (unpaired) electrons. The first-order chi connectivity index (χ1) is 15.3. The van der Waals surface area contributed by atoms with Gasteiger partial charge >= 0.3 is 5.97 Å². The van der Waals surface area contributed by atoms with Crippen LogP contribution < -0.4 is 20.6 Å². The highest BCUT2D eigenvalue weighted by Crippen LogP contribution is 2.28. The number of nitrogens with two attached hydrogens (primary N) is 1. The molecule has 0 bridgehead atoms. The predicted molar refractivity (Wildman–Crippen MR) is 112 cm³/mol. The third kappa shape index (κ3) is 4.88. The van der Waals surface area contributed by atoms with E-state index in [0.717, 1.165) is 0 Å². The van der Waals surface area contributed by atoms with Crippen molar-refractivity contribution in [3.8, 4) is 17.3 Å². The molecule has 1 aromatic carbocycles. The Morgan fingerprint density at radius 3 is 2.72 bits per heavy atom. The lowest BCUT2D eigenvalue weighted by atomic mass is 10.1. The van der Waals surface area contributed by atoms with E-state index in [2.05, 4.69) is 35.8 Å². The van der Waals surface area contributed by atoms with Gasteiger partial charge < -0.3 is 15.2 Å². The lowest BCUT2D eigenvalue weighted by Crippen LogP contribution is -2.21. The van der Waals surface area contributed by atoms with Crippen LogP contribution in [0.1, 0.15) is 55.4 Å². The highest BCUT2D eigenvalue weighted by atomic mass is 16.6. The summed E-state index contributed by atoms with van der Waals surface area (Å²) in [6.07, 6.45) is 1.41. The van der Waals surface area contributed by atoms with Gasteiger partial charge in [0.2, 0.25) is 11.6 Å². The van der Waals surface area contributed by atoms with Crippen molar-refractivity contribution >= 4 is 23.9 Å². The molecule has 0 spiro atoms. The third-order valence-electron chi connectivity index (χ3n) is 4.06. The van der Waals surface area contributed by atoms with Crippen LogP contribution in [0.2, 0.25) is 0 Å². The number of hydrogen-bond acceptors (Lipinski definition) is 11. The molecule has 0 aliphatic rings. The molecule has 2 aromatic heterocycles. The van der Waals surface area contributed by atoms with E-state index >= 15 is 0 Å². The first-order valence-corrected chi connectivity index (χ1v) is 9.64. The number of carbonyl (C=O) groups is 2. The molecule has 3 N–H and O–H groups in total. The monoisotopic (exact) mass is 442 g/mol. The third-order valence-corrected chi connectivity index (χ3v) is 4.06. The van der Waals surface area contributed by atoms with Gasteiger partial charge in [0, 0.05) is 6.92 Å². The maximum Gasteiger partial charge on any atom is 0.308 e. The van der Waals surface area contributed by atoms with Crippen molar-refractivity contribution in [2.75, 3.05) is 12.3 Å². The largest absolute Gasteiger partial charge is 0.490 e. The van der Waals surface area contributed by atoms with Crippen LogP contribution in [0.25, 0.3) is 5.82 Å². The lowest BCUT2D eigenvalue weighted by molar-refractivity contribution is -0.132. The van der Waals surface area contributed by atoms with Crippen LogP contribution in [0, 0.1) is 0 Å². The topological polar surface area (TPSA) is 173 Å². The van der Waals surface area contributed by atoms with Gasteiger partial charge in [0.15, 0.2) is 17.2 Å². The second-order valence-electron chi connectivity index (χ2n) is 6.79. The summed E-state index contributed by atoms with van der Waals surface area (Å²) in [7, 11) is 0. The fourth-order valence-electron chi connectivity index (χ4n) is 2.79. The van der Waals surface area contributed by atoms with Gasteiger partial charge in [-0.1, -0.05) is 19.1 Å². The van der Waals surface area contributed by atoms with Crippen LogP contribution in [0.15, 0.2) is 27.9 Å². The standard InChI is InChI=1S/C19H22N8O5/c1-5-30-14-8-12(6-7-13(14)31-11(4)28)9-21-23-19(29)15-16(10(2)3)27(26-22-15)18-17(20)24-32-25-18/h6-10H,5H2,1-4H3,(H2,20,24)(H,23,29)/b21-9+. The number of amides is 1. The normalized spacial score (nSPS) is 11.2. The van der Waals surface area contributed by atoms with Gasteiger partial charge in [-0.25, -0.2) is 10.1 Å². The van der Waals surface area contributed by atoms with Gasteiger partial charge in [0.05, 0.1) is 18.5 Å². The Balaban J connectivity index is 1.79. The number of benzene rings is 1. The van der Waals surface area contributed by atoms with Crippen molar-refractivity contribution in [1.29, 1.82) is 0 Å². The van der Waals surface area contributed by atoms with Crippen LogP contribution in [-0.2, 0) is 4.79 Å². The van der Waals surface area contributed by atoms with Crippen LogP contribution in [0.4, 0.5) is 5.82 Å². The van der Waals surface area contributed by atoms with E-state index in [4.69, 9.17) is 15.2 Å². The van der Waals surface area contributed by atoms with E-state index < -0.39 is 11.9 Å². The summed E-state index contributed by atoms with van der Waals surface area (Å²) in [5.41, 5.74) is 9.26. The second-order valence-corrected chi connectivity index (χ2v) is 6.79. The summed E-state index contributed by atoms with van der Waals surface area (Å²) >= 11 is 0. The Bertz CT molecular complexity index is 1150.